The van der Waals surface area contributed by atoms with Crippen LogP contribution < -0.4 is 10.5 Å². The van der Waals surface area contributed by atoms with Gasteiger partial charge in [0.2, 0.25) is 12.2 Å². The van der Waals surface area contributed by atoms with Crippen LogP contribution >= 0.6 is 0 Å². The predicted octanol–water partition coefficient (Wildman–Crippen LogP) is 0.352. The van der Waals surface area contributed by atoms with E-state index < -0.39 is 66.6 Å². The van der Waals surface area contributed by atoms with Crippen molar-refractivity contribution < 1.29 is 52.7 Å². The van der Waals surface area contributed by atoms with E-state index in [0.717, 1.165) is 6.07 Å². The quantitative estimate of drug-likeness (QED) is 0.369. The molecule has 3 rings (SSSR count). The molecule has 0 aliphatic carbocycles. The third-order valence-electron chi connectivity index (χ3n) is 5.58. The smallest absolute Gasteiger partial charge is 0.419 e. The molecule has 10 nitrogen and oxygen atoms in total. The Morgan fingerprint density at radius 2 is 1.64 bits per heavy atom. The van der Waals surface area contributed by atoms with E-state index >= 15 is 0 Å². The summed E-state index contributed by atoms with van der Waals surface area (Å²) in [6, 6.07) is 6.64. The largest absolute Gasteiger partial charge is 0.461 e. The highest BCUT2D eigenvalue weighted by atomic mass is 19.4. The summed E-state index contributed by atoms with van der Waals surface area (Å²) in [7, 11) is 2.93. The zero-order chi connectivity index (χ0) is 26.9. The first kappa shape index (κ1) is 27.4. The van der Waals surface area contributed by atoms with Crippen molar-refractivity contribution in [2.24, 2.45) is 5.73 Å². The van der Waals surface area contributed by atoms with Crippen LogP contribution in [0.5, 0.6) is 5.75 Å². The zero-order valence-corrected chi connectivity index (χ0v) is 19.1. The molecule has 2 aromatic rings. The molecule has 1 aliphatic rings. The van der Waals surface area contributed by atoms with Gasteiger partial charge in [0.05, 0.1) is 12.2 Å². The molecule has 1 heterocycles. The van der Waals surface area contributed by atoms with Gasteiger partial charge in [-0.25, -0.2) is 0 Å². The first-order valence-corrected chi connectivity index (χ1v) is 10.6. The highest BCUT2D eigenvalue weighted by molar-refractivity contribution is 6.00. The van der Waals surface area contributed by atoms with Crippen LogP contribution in [0.3, 0.4) is 0 Å². The number of benzene rings is 2. The van der Waals surface area contributed by atoms with Gasteiger partial charge in [0, 0.05) is 25.2 Å². The van der Waals surface area contributed by atoms with Crippen molar-refractivity contribution in [1.29, 1.82) is 0 Å². The lowest BCUT2D eigenvalue weighted by atomic mass is 9.97. The van der Waals surface area contributed by atoms with Crippen LogP contribution in [0.2, 0.25) is 0 Å². The van der Waals surface area contributed by atoms with Crippen LogP contribution in [-0.2, 0) is 10.9 Å². The zero-order valence-electron chi connectivity index (χ0n) is 19.1. The first-order chi connectivity index (χ1) is 16.7. The van der Waals surface area contributed by atoms with Crippen LogP contribution in [0, 0.1) is 0 Å². The molecule has 13 heteroatoms. The van der Waals surface area contributed by atoms with E-state index in [9.17, 15) is 43.2 Å². The Morgan fingerprint density at radius 1 is 1.00 bits per heavy atom. The van der Waals surface area contributed by atoms with Gasteiger partial charge in [-0.3, -0.25) is 9.59 Å². The van der Waals surface area contributed by atoms with Crippen LogP contribution in [0.25, 0.3) is 11.1 Å². The molecular weight excluding hydrogens is 489 g/mol. The molecule has 1 fully saturated rings. The minimum absolute atomic E-state index is 0.0283. The number of aliphatic hydroxyl groups excluding tert-OH is 4. The van der Waals surface area contributed by atoms with Gasteiger partial charge in [-0.15, -0.1) is 0 Å². The second-order valence-corrected chi connectivity index (χ2v) is 8.39. The van der Waals surface area contributed by atoms with Gasteiger partial charge in [-0.2, -0.15) is 13.2 Å². The van der Waals surface area contributed by atoms with Gasteiger partial charge in [0.25, 0.3) is 5.91 Å². The summed E-state index contributed by atoms with van der Waals surface area (Å²) in [6.07, 6.45) is -13.7. The number of carbonyl (C=O) groups is 2. The molecule has 0 bridgehead atoms. The maximum absolute atomic E-state index is 14.0. The Kier molecular flexibility index (Phi) is 7.91. The van der Waals surface area contributed by atoms with Gasteiger partial charge < -0.3 is 40.5 Å². The Morgan fingerprint density at radius 3 is 2.19 bits per heavy atom. The molecule has 36 heavy (non-hydrogen) atoms. The lowest BCUT2D eigenvalue weighted by Crippen LogP contribution is -2.60. The van der Waals surface area contributed by atoms with Crippen LogP contribution in [0.4, 0.5) is 13.2 Å². The van der Waals surface area contributed by atoms with E-state index in [-0.39, 0.29) is 22.3 Å². The van der Waals surface area contributed by atoms with Crippen molar-refractivity contribution >= 4 is 11.8 Å². The van der Waals surface area contributed by atoms with Crippen molar-refractivity contribution in [2.45, 2.75) is 36.9 Å². The van der Waals surface area contributed by atoms with Crippen molar-refractivity contribution in [3.05, 3.63) is 53.1 Å². The van der Waals surface area contributed by atoms with Crippen molar-refractivity contribution in [3.63, 3.8) is 0 Å². The second kappa shape index (κ2) is 10.4. The third kappa shape index (κ3) is 5.60. The Hall–Kier alpha value is -3.23. The van der Waals surface area contributed by atoms with E-state index in [0.29, 0.717) is 6.07 Å². The summed E-state index contributed by atoms with van der Waals surface area (Å²) in [5, 5.41) is 39.1. The molecule has 196 valence electrons. The maximum Gasteiger partial charge on any atom is 0.419 e. The number of amides is 2. The Bertz CT molecular complexity index is 1140. The summed E-state index contributed by atoms with van der Waals surface area (Å²) < 4.78 is 52.2. The molecular formula is C23H25F3N2O8. The molecule has 1 aliphatic heterocycles. The number of halogens is 3. The van der Waals surface area contributed by atoms with Gasteiger partial charge in [0.1, 0.15) is 30.2 Å². The van der Waals surface area contributed by atoms with Gasteiger partial charge in [0.15, 0.2) is 0 Å². The fraction of sp³-hybridized carbons (Fsp3) is 0.391. The molecule has 0 aromatic heterocycles. The number of rotatable bonds is 6. The van der Waals surface area contributed by atoms with Crippen LogP contribution in [0.15, 0.2) is 36.4 Å². The van der Waals surface area contributed by atoms with E-state index in [2.05, 4.69) is 0 Å². The highest BCUT2D eigenvalue weighted by Gasteiger charge is 2.45. The maximum atomic E-state index is 14.0. The van der Waals surface area contributed by atoms with Crippen molar-refractivity contribution in [3.8, 4) is 16.9 Å². The SMILES string of the molecule is CN(C)C(=O)c1cc(C(N)=O)cc(-c2ccc(O[C@H]3O[C@H](CO)[C@@H](O)[C@H](O)[C@@H]3O)c(C(F)(F)F)c2)c1. The number of alkyl halides is 3. The van der Waals surface area contributed by atoms with Gasteiger partial charge in [-0.1, -0.05) is 6.07 Å². The lowest BCUT2D eigenvalue weighted by molar-refractivity contribution is -0.278. The number of nitrogens with two attached hydrogens (primary N) is 1. The second-order valence-electron chi connectivity index (χ2n) is 8.39. The number of hydrogen-bond acceptors (Lipinski definition) is 8. The summed E-state index contributed by atoms with van der Waals surface area (Å²) in [5.74, 6) is -2.16. The molecule has 1 saturated heterocycles. The third-order valence-corrected chi connectivity index (χ3v) is 5.58. The lowest BCUT2D eigenvalue weighted by Gasteiger charge is -2.39. The first-order valence-electron chi connectivity index (χ1n) is 10.6. The highest BCUT2D eigenvalue weighted by Crippen LogP contribution is 2.40. The summed E-state index contributed by atoms with van der Waals surface area (Å²) in [4.78, 5) is 25.4. The number of primary amides is 1. The van der Waals surface area contributed by atoms with E-state index in [4.69, 9.17) is 15.2 Å². The predicted molar refractivity (Wildman–Crippen MR) is 118 cm³/mol. The standard InChI is InChI=1S/C23H25F3N2O8/c1-28(2)21(34)13-6-11(5-12(7-13)20(27)33)10-3-4-15(14(8-10)23(24,25)26)35-22-19(32)18(31)17(30)16(9-29)36-22/h3-8,16-19,22,29-32H,9H2,1-2H3,(H2,27,33)/t16-,17-,18+,19+,22+/m1/s1. The van der Waals surface area contributed by atoms with Crippen LogP contribution in [-0.4, -0.2) is 88.5 Å². The van der Waals surface area contributed by atoms with Gasteiger partial charge >= 0.3 is 6.18 Å². The molecule has 0 saturated carbocycles. The summed E-state index contributed by atoms with van der Waals surface area (Å²) in [6.45, 7) is -0.792. The average Bonchev–Trinajstić information content (AvgIpc) is 2.82. The topological polar surface area (TPSA) is 163 Å². The minimum Gasteiger partial charge on any atom is -0.461 e. The van der Waals surface area contributed by atoms with E-state index in [1.807, 2.05) is 0 Å². The van der Waals surface area contributed by atoms with Gasteiger partial charge in [-0.05, 0) is 41.5 Å². The number of ether oxygens (including phenoxy) is 2. The van der Waals surface area contributed by atoms with E-state index in [1.165, 1.54) is 43.3 Å². The fourth-order valence-electron chi connectivity index (χ4n) is 3.64. The molecule has 0 unspecified atom stereocenters. The number of aliphatic hydroxyl groups is 4. The molecule has 0 spiro atoms. The normalized spacial score (nSPS) is 24.3. The van der Waals surface area contributed by atoms with Crippen molar-refractivity contribution in [1.82, 2.24) is 4.90 Å². The van der Waals surface area contributed by atoms with Crippen LogP contribution in [0.1, 0.15) is 26.3 Å². The fourth-order valence-corrected chi connectivity index (χ4v) is 3.64. The van der Waals surface area contributed by atoms with E-state index in [1.54, 1.807) is 0 Å². The number of hydrogen-bond donors (Lipinski definition) is 5. The monoisotopic (exact) mass is 514 g/mol. The molecule has 6 N–H and O–H groups in total. The molecule has 0 radical (unpaired) electrons. The summed E-state index contributed by atoms with van der Waals surface area (Å²) >= 11 is 0. The summed E-state index contributed by atoms with van der Waals surface area (Å²) in [5.41, 5.74) is 4.05. The Labute approximate surface area is 203 Å². The molecule has 5 atom stereocenters. The molecule has 2 amide bonds. The minimum atomic E-state index is -4.96. The number of nitrogens with zero attached hydrogens (tertiary/aromatic N) is 1. The van der Waals surface area contributed by atoms with Crippen molar-refractivity contribution in [2.75, 3.05) is 20.7 Å². The molecule has 2 aromatic carbocycles. The Balaban J connectivity index is 2.05. The average molecular weight is 514 g/mol. The number of carbonyl (C=O) groups excluding carboxylic acids is 2.